The molecule has 2 unspecified atom stereocenters. The lowest BCUT2D eigenvalue weighted by atomic mass is 10.0. The third-order valence-electron chi connectivity index (χ3n) is 3.57. The summed E-state index contributed by atoms with van der Waals surface area (Å²) >= 11 is 0. The predicted molar refractivity (Wildman–Crippen MR) is 66.2 cm³/mol. The zero-order chi connectivity index (χ0) is 13.1. The molecule has 1 heterocycles. The molecular formula is C14H17FN2O. The monoisotopic (exact) mass is 248 g/mol. The summed E-state index contributed by atoms with van der Waals surface area (Å²) in [6, 6.07) is 6.34. The number of rotatable bonds is 3. The van der Waals surface area contributed by atoms with Crippen LogP contribution < -0.4 is 0 Å². The molecular weight excluding hydrogens is 231 g/mol. The van der Waals surface area contributed by atoms with Crippen LogP contribution in [0.15, 0.2) is 18.2 Å². The summed E-state index contributed by atoms with van der Waals surface area (Å²) in [5.74, 6) is -0.0284. The maximum atomic E-state index is 13.2. The van der Waals surface area contributed by atoms with Crippen LogP contribution in [-0.2, 0) is 6.54 Å². The number of halogens is 1. The Morgan fingerprint density at radius 1 is 1.61 bits per heavy atom. The third-order valence-corrected chi connectivity index (χ3v) is 3.57. The van der Waals surface area contributed by atoms with Crippen molar-refractivity contribution < 1.29 is 9.50 Å². The lowest BCUT2D eigenvalue weighted by molar-refractivity contribution is 0.127. The number of hydrogen-bond acceptors (Lipinski definition) is 3. The van der Waals surface area contributed by atoms with Gasteiger partial charge in [-0.1, -0.05) is 0 Å². The number of nitrogens with zero attached hydrogens (tertiary/aromatic N) is 2. The average molecular weight is 248 g/mol. The van der Waals surface area contributed by atoms with E-state index in [1.165, 1.54) is 18.2 Å². The van der Waals surface area contributed by atoms with E-state index in [2.05, 4.69) is 11.0 Å². The van der Waals surface area contributed by atoms with Crippen molar-refractivity contribution in [2.24, 2.45) is 5.92 Å². The highest BCUT2D eigenvalue weighted by Crippen LogP contribution is 2.22. The van der Waals surface area contributed by atoms with Crippen LogP contribution in [0.5, 0.6) is 0 Å². The van der Waals surface area contributed by atoms with Crippen molar-refractivity contribution in [3.8, 4) is 6.07 Å². The number of benzene rings is 1. The first-order chi connectivity index (χ1) is 8.60. The van der Waals surface area contributed by atoms with E-state index in [4.69, 9.17) is 5.26 Å². The largest absolute Gasteiger partial charge is 0.393 e. The molecule has 1 saturated heterocycles. The summed E-state index contributed by atoms with van der Waals surface area (Å²) in [5, 5.41) is 18.5. The first-order valence-corrected chi connectivity index (χ1v) is 6.19. The molecule has 3 nitrogen and oxygen atoms in total. The molecule has 1 aromatic rings. The Labute approximate surface area is 106 Å². The summed E-state index contributed by atoms with van der Waals surface area (Å²) in [6.07, 6.45) is 0.646. The Morgan fingerprint density at radius 3 is 3.00 bits per heavy atom. The third kappa shape index (κ3) is 2.87. The van der Waals surface area contributed by atoms with Crippen molar-refractivity contribution in [1.29, 1.82) is 5.26 Å². The highest BCUT2D eigenvalue weighted by Gasteiger charge is 2.26. The van der Waals surface area contributed by atoms with E-state index in [0.717, 1.165) is 25.1 Å². The highest BCUT2D eigenvalue weighted by molar-refractivity contribution is 5.37. The standard InChI is InChI=1S/C14H17FN2O/c1-10(18)12-4-5-17(8-12)9-13-6-14(15)3-2-11(13)7-16/h2-3,6,10,12,18H,4-5,8-9H2,1H3. The molecule has 1 fully saturated rings. The van der Waals surface area contributed by atoms with Crippen LogP contribution in [0.1, 0.15) is 24.5 Å². The quantitative estimate of drug-likeness (QED) is 0.888. The van der Waals surface area contributed by atoms with E-state index < -0.39 is 0 Å². The van der Waals surface area contributed by atoms with Gasteiger partial charge < -0.3 is 5.11 Å². The Hall–Kier alpha value is -1.44. The van der Waals surface area contributed by atoms with Crippen LogP contribution in [0.2, 0.25) is 0 Å². The molecule has 1 aliphatic rings. The van der Waals surface area contributed by atoms with Gasteiger partial charge in [-0.25, -0.2) is 4.39 Å². The molecule has 0 radical (unpaired) electrons. The maximum Gasteiger partial charge on any atom is 0.123 e. The van der Waals surface area contributed by atoms with Crippen LogP contribution in [0.3, 0.4) is 0 Å². The van der Waals surface area contributed by atoms with Gasteiger partial charge in [0, 0.05) is 13.1 Å². The van der Waals surface area contributed by atoms with Gasteiger partial charge in [0.15, 0.2) is 0 Å². The summed E-state index contributed by atoms with van der Waals surface area (Å²) < 4.78 is 13.2. The van der Waals surface area contributed by atoms with Gasteiger partial charge in [-0.05, 0) is 49.6 Å². The highest BCUT2D eigenvalue weighted by atomic mass is 19.1. The Morgan fingerprint density at radius 2 is 2.39 bits per heavy atom. The zero-order valence-corrected chi connectivity index (χ0v) is 10.4. The predicted octanol–water partition coefficient (Wildman–Crippen LogP) is 1.90. The van der Waals surface area contributed by atoms with Crippen molar-refractivity contribution in [3.63, 3.8) is 0 Å². The fourth-order valence-corrected chi connectivity index (χ4v) is 2.44. The molecule has 2 rings (SSSR count). The van der Waals surface area contributed by atoms with Crippen LogP contribution in [0.25, 0.3) is 0 Å². The van der Waals surface area contributed by atoms with E-state index in [1.54, 1.807) is 6.92 Å². The van der Waals surface area contributed by atoms with Gasteiger partial charge in [-0.3, -0.25) is 4.90 Å². The summed E-state index contributed by atoms with van der Waals surface area (Å²) in [7, 11) is 0. The number of aliphatic hydroxyl groups is 1. The Balaban J connectivity index is 2.07. The SMILES string of the molecule is CC(O)C1CCN(Cc2cc(F)ccc2C#N)C1. The van der Waals surface area contributed by atoms with E-state index in [-0.39, 0.29) is 17.8 Å². The normalized spacial score (nSPS) is 21.8. The fraction of sp³-hybridized carbons (Fsp3) is 0.500. The average Bonchev–Trinajstić information content (AvgIpc) is 2.78. The Kier molecular flexibility index (Phi) is 3.95. The topological polar surface area (TPSA) is 47.3 Å². The molecule has 96 valence electrons. The molecule has 1 aromatic carbocycles. The van der Waals surface area contributed by atoms with Crippen molar-refractivity contribution in [3.05, 3.63) is 35.1 Å². The molecule has 0 bridgehead atoms. The molecule has 0 aliphatic carbocycles. The lowest BCUT2D eigenvalue weighted by Gasteiger charge is -2.18. The molecule has 0 saturated carbocycles. The second kappa shape index (κ2) is 5.47. The van der Waals surface area contributed by atoms with Crippen molar-refractivity contribution in [1.82, 2.24) is 4.90 Å². The van der Waals surface area contributed by atoms with E-state index >= 15 is 0 Å². The molecule has 18 heavy (non-hydrogen) atoms. The van der Waals surface area contributed by atoms with Crippen molar-refractivity contribution >= 4 is 0 Å². The van der Waals surface area contributed by atoms with Crippen molar-refractivity contribution in [2.45, 2.75) is 26.0 Å². The fourth-order valence-electron chi connectivity index (χ4n) is 2.44. The first kappa shape index (κ1) is 13.0. The van der Waals surface area contributed by atoms with Gasteiger partial charge >= 0.3 is 0 Å². The minimum Gasteiger partial charge on any atom is -0.393 e. The molecule has 4 heteroatoms. The Bertz CT molecular complexity index is 467. The summed E-state index contributed by atoms with van der Waals surface area (Å²) in [6.45, 7) is 4.07. The van der Waals surface area contributed by atoms with Gasteiger partial charge in [0.25, 0.3) is 0 Å². The van der Waals surface area contributed by atoms with Gasteiger partial charge in [-0.2, -0.15) is 5.26 Å². The lowest BCUT2D eigenvalue weighted by Crippen LogP contribution is -2.24. The van der Waals surface area contributed by atoms with Gasteiger partial charge in [0.2, 0.25) is 0 Å². The molecule has 0 spiro atoms. The molecule has 0 amide bonds. The van der Waals surface area contributed by atoms with Crippen LogP contribution in [-0.4, -0.2) is 29.2 Å². The number of likely N-dealkylation sites (tertiary alicyclic amines) is 1. The van der Waals surface area contributed by atoms with E-state index in [9.17, 15) is 9.50 Å². The van der Waals surface area contributed by atoms with E-state index in [0.29, 0.717) is 12.1 Å². The van der Waals surface area contributed by atoms with E-state index in [1.807, 2.05) is 0 Å². The number of hydrogen-bond donors (Lipinski definition) is 1. The van der Waals surface area contributed by atoms with Crippen molar-refractivity contribution in [2.75, 3.05) is 13.1 Å². The van der Waals surface area contributed by atoms with Crippen LogP contribution >= 0.6 is 0 Å². The molecule has 1 aliphatic heterocycles. The molecule has 1 N–H and O–H groups in total. The summed E-state index contributed by atoms with van der Waals surface area (Å²) in [4.78, 5) is 2.16. The second-order valence-electron chi connectivity index (χ2n) is 4.94. The van der Waals surface area contributed by atoms with Crippen LogP contribution in [0.4, 0.5) is 4.39 Å². The zero-order valence-electron chi connectivity index (χ0n) is 10.4. The second-order valence-corrected chi connectivity index (χ2v) is 4.94. The maximum absolute atomic E-state index is 13.2. The number of aliphatic hydroxyl groups excluding tert-OH is 1. The smallest absolute Gasteiger partial charge is 0.123 e. The molecule has 2 atom stereocenters. The van der Waals surface area contributed by atoms with Crippen LogP contribution in [0, 0.1) is 23.1 Å². The van der Waals surface area contributed by atoms with Gasteiger partial charge in [0.1, 0.15) is 5.82 Å². The minimum atomic E-state index is -0.310. The summed E-state index contributed by atoms with van der Waals surface area (Å²) in [5.41, 5.74) is 1.25. The minimum absolute atomic E-state index is 0.282. The van der Waals surface area contributed by atoms with Gasteiger partial charge in [0.05, 0.1) is 17.7 Å². The molecule has 0 aromatic heterocycles. The number of nitriles is 1. The first-order valence-electron chi connectivity index (χ1n) is 6.19. The van der Waals surface area contributed by atoms with Gasteiger partial charge in [-0.15, -0.1) is 0 Å².